The minimum absolute atomic E-state index is 0.0887. The van der Waals surface area contributed by atoms with E-state index in [9.17, 15) is 18.0 Å². The quantitative estimate of drug-likeness (QED) is 0.680. The second-order valence-electron chi connectivity index (χ2n) is 4.95. The molecule has 0 aliphatic rings. The fraction of sp³-hybridized carbons (Fsp3) is 0.133. The van der Waals surface area contributed by atoms with E-state index in [1.807, 2.05) is 0 Å². The molecule has 0 radical (unpaired) electrons. The number of hydrogen-bond donors (Lipinski definition) is 2. The molecule has 0 spiro atoms. The summed E-state index contributed by atoms with van der Waals surface area (Å²) in [6.07, 6.45) is -1.95. The lowest BCUT2D eigenvalue weighted by Crippen LogP contribution is -2.11. The Morgan fingerprint density at radius 1 is 1.28 bits per heavy atom. The zero-order valence-electron chi connectivity index (χ0n) is 12.6. The first kappa shape index (κ1) is 17.2. The average molecular weight is 415 g/mol. The highest BCUT2D eigenvalue weighted by molar-refractivity contribution is 9.10. The first-order valence-corrected chi connectivity index (χ1v) is 7.64. The number of halogens is 4. The summed E-state index contributed by atoms with van der Waals surface area (Å²) >= 11 is 3.25. The van der Waals surface area contributed by atoms with Gasteiger partial charge >= 0.3 is 6.18 Å². The summed E-state index contributed by atoms with van der Waals surface area (Å²) in [7, 11) is 1.16. The van der Waals surface area contributed by atoms with Crippen molar-refractivity contribution in [1.82, 2.24) is 15.0 Å². The summed E-state index contributed by atoms with van der Waals surface area (Å²) < 4.78 is 44.7. The monoisotopic (exact) mass is 414 g/mol. The standard InChI is InChI=1S/C15H10BrF3N4O2/c1-25-10-3-2-7(4-8(10)15(17,18)19)23-13-11-12(21-6-22-13)9(16)5-20-14(11)24/h2-6H,1H3,(H,20,24)(H,21,22,23). The SMILES string of the molecule is COc1ccc(Nc2ncnc3c(Br)c[nH]c(=O)c23)cc1C(F)(F)F. The normalized spacial score (nSPS) is 11.6. The smallest absolute Gasteiger partial charge is 0.420 e. The molecule has 0 amide bonds. The molecule has 0 saturated heterocycles. The third-order valence-corrected chi connectivity index (χ3v) is 4.00. The van der Waals surface area contributed by atoms with Crippen LogP contribution < -0.4 is 15.6 Å². The van der Waals surface area contributed by atoms with Crippen molar-refractivity contribution in [2.24, 2.45) is 0 Å². The molecule has 0 atom stereocenters. The number of fused-ring (bicyclic) bond motifs is 1. The van der Waals surface area contributed by atoms with E-state index in [0.717, 1.165) is 13.2 Å². The molecule has 0 fully saturated rings. The van der Waals surface area contributed by atoms with Gasteiger partial charge in [-0.2, -0.15) is 13.2 Å². The van der Waals surface area contributed by atoms with Gasteiger partial charge in [-0.25, -0.2) is 9.97 Å². The molecule has 2 N–H and O–H groups in total. The number of alkyl halides is 3. The largest absolute Gasteiger partial charge is 0.496 e. The van der Waals surface area contributed by atoms with Crippen molar-refractivity contribution < 1.29 is 17.9 Å². The fourth-order valence-electron chi connectivity index (χ4n) is 2.29. The molecule has 0 aliphatic heterocycles. The summed E-state index contributed by atoms with van der Waals surface area (Å²) in [5, 5.41) is 2.86. The van der Waals surface area contributed by atoms with Crippen LogP contribution in [0.3, 0.4) is 0 Å². The van der Waals surface area contributed by atoms with E-state index in [0.29, 0.717) is 9.99 Å². The van der Waals surface area contributed by atoms with Crippen molar-refractivity contribution >= 4 is 38.3 Å². The van der Waals surface area contributed by atoms with Gasteiger partial charge in [0.25, 0.3) is 5.56 Å². The Hall–Kier alpha value is -2.62. The molecular weight excluding hydrogens is 405 g/mol. The van der Waals surface area contributed by atoms with Crippen LogP contribution in [0.2, 0.25) is 0 Å². The van der Waals surface area contributed by atoms with Gasteiger partial charge in [-0.05, 0) is 34.1 Å². The van der Waals surface area contributed by atoms with Crippen LogP contribution >= 0.6 is 15.9 Å². The molecule has 10 heteroatoms. The van der Waals surface area contributed by atoms with Crippen molar-refractivity contribution in [3.05, 3.63) is 51.1 Å². The van der Waals surface area contributed by atoms with Gasteiger partial charge < -0.3 is 15.0 Å². The van der Waals surface area contributed by atoms with Gasteiger partial charge in [0.1, 0.15) is 23.3 Å². The van der Waals surface area contributed by atoms with Crippen LogP contribution in [0.4, 0.5) is 24.7 Å². The third kappa shape index (κ3) is 3.29. The van der Waals surface area contributed by atoms with Crippen molar-refractivity contribution in [3.63, 3.8) is 0 Å². The third-order valence-electron chi connectivity index (χ3n) is 3.40. The summed E-state index contributed by atoms with van der Waals surface area (Å²) in [6, 6.07) is 3.47. The molecule has 0 aliphatic carbocycles. The summed E-state index contributed by atoms with van der Waals surface area (Å²) in [5.41, 5.74) is -0.961. The number of aromatic amines is 1. The van der Waals surface area contributed by atoms with Crippen LogP contribution in [-0.2, 0) is 6.18 Å². The molecule has 3 rings (SSSR count). The van der Waals surface area contributed by atoms with Crippen LogP contribution in [-0.4, -0.2) is 22.1 Å². The van der Waals surface area contributed by atoms with E-state index < -0.39 is 17.3 Å². The molecule has 0 bridgehead atoms. The Labute approximate surface area is 147 Å². The second kappa shape index (κ2) is 6.36. The molecular formula is C15H10BrF3N4O2. The highest BCUT2D eigenvalue weighted by Crippen LogP contribution is 2.38. The summed E-state index contributed by atoms with van der Waals surface area (Å²) in [5.74, 6) is -0.211. The van der Waals surface area contributed by atoms with Gasteiger partial charge in [-0.3, -0.25) is 4.79 Å². The number of pyridine rings is 1. The number of aromatic nitrogens is 3. The summed E-state index contributed by atoms with van der Waals surface area (Å²) in [6.45, 7) is 0. The van der Waals surface area contributed by atoms with Crippen LogP contribution in [0.25, 0.3) is 10.9 Å². The predicted octanol–water partition coefficient (Wildman–Crippen LogP) is 3.85. The van der Waals surface area contributed by atoms with E-state index in [1.165, 1.54) is 24.7 Å². The van der Waals surface area contributed by atoms with Crippen LogP contribution in [0, 0.1) is 0 Å². The van der Waals surface area contributed by atoms with Crippen molar-refractivity contribution in [3.8, 4) is 5.75 Å². The number of nitrogens with zero attached hydrogens (tertiary/aromatic N) is 2. The Kier molecular flexibility index (Phi) is 4.38. The summed E-state index contributed by atoms with van der Waals surface area (Å²) in [4.78, 5) is 22.5. The average Bonchev–Trinajstić information content (AvgIpc) is 2.57. The second-order valence-corrected chi connectivity index (χ2v) is 5.80. The number of nitrogens with one attached hydrogen (secondary N) is 2. The van der Waals surface area contributed by atoms with Gasteiger partial charge in [0.15, 0.2) is 0 Å². The van der Waals surface area contributed by atoms with Crippen LogP contribution in [0.1, 0.15) is 5.56 Å². The number of methoxy groups -OCH3 is 1. The lowest BCUT2D eigenvalue weighted by atomic mass is 10.1. The first-order valence-electron chi connectivity index (χ1n) is 6.85. The number of hydrogen-bond acceptors (Lipinski definition) is 5. The topological polar surface area (TPSA) is 79.9 Å². The zero-order chi connectivity index (χ0) is 18.2. The van der Waals surface area contributed by atoms with Gasteiger partial charge in [0, 0.05) is 11.9 Å². The molecule has 2 heterocycles. The van der Waals surface area contributed by atoms with E-state index >= 15 is 0 Å². The number of anilines is 2. The molecule has 6 nitrogen and oxygen atoms in total. The Bertz CT molecular complexity index is 1000. The molecule has 130 valence electrons. The van der Waals surface area contributed by atoms with E-state index in [1.54, 1.807) is 0 Å². The van der Waals surface area contributed by atoms with Crippen LogP contribution in [0.5, 0.6) is 5.75 Å². The van der Waals surface area contributed by atoms with E-state index in [4.69, 9.17) is 4.74 Å². The lowest BCUT2D eigenvalue weighted by Gasteiger charge is -2.14. The van der Waals surface area contributed by atoms with Gasteiger partial charge in [-0.15, -0.1) is 0 Å². The maximum atomic E-state index is 13.1. The fourth-order valence-corrected chi connectivity index (χ4v) is 2.71. The minimum Gasteiger partial charge on any atom is -0.496 e. The molecule has 1 aromatic carbocycles. The maximum Gasteiger partial charge on any atom is 0.420 e. The molecule has 2 aromatic heterocycles. The Balaban J connectivity index is 2.11. The Morgan fingerprint density at radius 2 is 2.04 bits per heavy atom. The number of ether oxygens (including phenoxy) is 1. The highest BCUT2D eigenvalue weighted by atomic mass is 79.9. The van der Waals surface area contributed by atoms with Crippen molar-refractivity contribution in [2.45, 2.75) is 6.18 Å². The number of rotatable bonds is 3. The predicted molar refractivity (Wildman–Crippen MR) is 89.1 cm³/mol. The van der Waals surface area contributed by atoms with Gasteiger partial charge in [0.05, 0.1) is 22.7 Å². The van der Waals surface area contributed by atoms with Crippen molar-refractivity contribution in [1.29, 1.82) is 0 Å². The first-order chi connectivity index (χ1) is 11.8. The molecule has 25 heavy (non-hydrogen) atoms. The molecule has 3 aromatic rings. The number of benzene rings is 1. The van der Waals surface area contributed by atoms with Crippen LogP contribution in [0.15, 0.2) is 40.0 Å². The minimum atomic E-state index is -4.59. The van der Waals surface area contributed by atoms with Gasteiger partial charge in [0.2, 0.25) is 0 Å². The number of H-pyrrole nitrogens is 1. The van der Waals surface area contributed by atoms with E-state index in [-0.39, 0.29) is 22.6 Å². The van der Waals surface area contributed by atoms with E-state index in [2.05, 4.69) is 36.2 Å². The zero-order valence-corrected chi connectivity index (χ0v) is 14.2. The van der Waals surface area contributed by atoms with Gasteiger partial charge in [-0.1, -0.05) is 0 Å². The highest BCUT2D eigenvalue weighted by Gasteiger charge is 2.34. The van der Waals surface area contributed by atoms with Crippen molar-refractivity contribution in [2.75, 3.05) is 12.4 Å². The Morgan fingerprint density at radius 3 is 2.72 bits per heavy atom. The molecule has 0 unspecified atom stereocenters. The maximum absolute atomic E-state index is 13.1. The lowest BCUT2D eigenvalue weighted by molar-refractivity contribution is -0.138. The molecule has 0 saturated carbocycles.